The van der Waals surface area contributed by atoms with Crippen molar-refractivity contribution < 1.29 is 0 Å². The molecule has 0 aromatic heterocycles. The summed E-state index contributed by atoms with van der Waals surface area (Å²) in [5.41, 5.74) is 8.95. The summed E-state index contributed by atoms with van der Waals surface area (Å²) < 4.78 is 0. The van der Waals surface area contributed by atoms with E-state index in [0.29, 0.717) is 0 Å². The third-order valence-corrected chi connectivity index (χ3v) is 6.60. The average Bonchev–Trinajstić information content (AvgIpc) is 2.88. The normalized spacial score (nSPS) is 11.2. The first-order chi connectivity index (χ1) is 16.3. The predicted molar refractivity (Wildman–Crippen MR) is 142 cm³/mol. The van der Waals surface area contributed by atoms with Crippen molar-refractivity contribution in [2.45, 2.75) is 6.92 Å². The van der Waals surface area contributed by atoms with E-state index < -0.39 is 0 Å². The topological polar surface area (TPSA) is 0 Å². The molecule has 0 N–H and O–H groups in total. The molecule has 0 nitrogen and oxygen atoms in total. The Morgan fingerprint density at radius 1 is 0.364 bits per heavy atom. The Morgan fingerprint density at radius 2 is 0.848 bits per heavy atom. The molecule has 0 saturated heterocycles. The Bertz CT molecular complexity index is 1550. The number of hydrogen-bond acceptors (Lipinski definition) is 0. The highest BCUT2D eigenvalue weighted by Gasteiger charge is 2.17. The van der Waals surface area contributed by atoms with Crippen molar-refractivity contribution in [1.29, 1.82) is 0 Å². The van der Waals surface area contributed by atoms with Crippen molar-refractivity contribution in [3.63, 3.8) is 0 Å². The molecule has 0 aliphatic carbocycles. The summed E-state index contributed by atoms with van der Waals surface area (Å²) >= 11 is 0. The van der Waals surface area contributed by atoms with Crippen LogP contribution in [0.1, 0.15) is 5.56 Å². The molecule has 0 aliphatic rings. The molecule has 0 atom stereocenters. The van der Waals surface area contributed by atoms with Crippen molar-refractivity contribution in [3.8, 4) is 33.4 Å². The van der Waals surface area contributed by atoms with Gasteiger partial charge in [0.05, 0.1) is 0 Å². The van der Waals surface area contributed by atoms with Gasteiger partial charge in [0.25, 0.3) is 0 Å². The van der Waals surface area contributed by atoms with E-state index >= 15 is 0 Å². The lowest BCUT2D eigenvalue weighted by atomic mass is 9.84. The third-order valence-electron chi connectivity index (χ3n) is 6.60. The summed E-state index contributed by atoms with van der Waals surface area (Å²) in [6, 6.07) is 46.0. The van der Waals surface area contributed by atoms with Crippen LogP contribution in [0.4, 0.5) is 0 Å². The zero-order valence-corrected chi connectivity index (χ0v) is 18.6. The van der Waals surface area contributed by atoms with Gasteiger partial charge in [-0.15, -0.1) is 0 Å². The van der Waals surface area contributed by atoms with Gasteiger partial charge in [0, 0.05) is 0 Å². The van der Waals surface area contributed by atoms with Gasteiger partial charge in [-0.1, -0.05) is 121 Å². The second kappa shape index (κ2) is 8.07. The highest BCUT2D eigenvalue weighted by Crippen LogP contribution is 2.44. The summed E-state index contributed by atoms with van der Waals surface area (Å²) in [4.78, 5) is 0. The fourth-order valence-corrected chi connectivity index (χ4v) is 5.07. The molecule has 0 bridgehead atoms. The molecule has 0 heteroatoms. The van der Waals surface area contributed by atoms with Gasteiger partial charge in [-0.2, -0.15) is 0 Å². The average molecular weight is 421 g/mol. The maximum atomic E-state index is 2.33. The number of rotatable bonds is 3. The van der Waals surface area contributed by atoms with Gasteiger partial charge in [0.15, 0.2) is 0 Å². The lowest BCUT2D eigenvalue weighted by Crippen LogP contribution is -1.92. The lowest BCUT2D eigenvalue weighted by molar-refractivity contribution is 1.47. The number of benzene rings is 6. The quantitative estimate of drug-likeness (QED) is 0.250. The monoisotopic (exact) mass is 420 g/mol. The van der Waals surface area contributed by atoms with Crippen LogP contribution in [-0.4, -0.2) is 0 Å². The SMILES string of the molecule is Cc1ccccc1-c1c2ccccc2c(-c2cccc(-c3ccccc3)c2)c2ccccc12. The van der Waals surface area contributed by atoms with Crippen LogP contribution in [0.3, 0.4) is 0 Å². The first kappa shape index (κ1) is 19.5. The van der Waals surface area contributed by atoms with Crippen LogP contribution in [-0.2, 0) is 0 Å². The van der Waals surface area contributed by atoms with Gasteiger partial charge in [0.1, 0.15) is 0 Å². The lowest BCUT2D eigenvalue weighted by Gasteiger charge is -2.19. The van der Waals surface area contributed by atoms with Crippen molar-refractivity contribution in [2.24, 2.45) is 0 Å². The zero-order chi connectivity index (χ0) is 22.2. The molecule has 156 valence electrons. The molecular weight excluding hydrogens is 396 g/mol. The maximum absolute atomic E-state index is 2.33. The smallest absolute Gasteiger partial charge is 0.00237 e. The Labute approximate surface area is 194 Å². The molecule has 0 fully saturated rings. The minimum absolute atomic E-state index is 1.24. The van der Waals surface area contributed by atoms with Crippen molar-refractivity contribution in [2.75, 3.05) is 0 Å². The second-order valence-electron chi connectivity index (χ2n) is 8.60. The standard InChI is InChI=1S/C33H24/c1-23-12-5-6-17-27(23)33-30-20-9-7-18-28(30)32(29-19-8-10-21-31(29)33)26-16-11-15-25(22-26)24-13-3-2-4-14-24/h2-22H,1H3. The Balaban J connectivity index is 1.72. The van der Waals surface area contributed by atoms with Gasteiger partial charge in [-0.3, -0.25) is 0 Å². The molecule has 6 aromatic carbocycles. The van der Waals surface area contributed by atoms with Gasteiger partial charge in [-0.05, 0) is 73.5 Å². The Kier molecular flexibility index (Phi) is 4.78. The molecular formula is C33H24. The largest absolute Gasteiger partial charge is 0.0622 e. The van der Waals surface area contributed by atoms with E-state index in [2.05, 4.69) is 134 Å². The van der Waals surface area contributed by atoms with Crippen LogP contribution < -0.4 is 0 Å². The van der Waals surface area contributed by atoms with Crippen molar-refractivity contribution >= 4 is 21.5 Å². The van der Waals surface area contributed by atoms with Gasteiger partial charge in [0.2, 0.25) is 0 Å². The van der Waals surface area contributed by atoms with Crippen LogP contribution in [0.2, 0.25) is 0 Å². The summed E-state index contributed by atoms with van der Waals surface area (Å²) in [5.74, 6) is 0. The van der Waals surface area contributed by atoms with Crippen molar-refractivity contribution in [1.82, 2.24) is 0 Å². The van der Waals surface area contributed by atoms with Crippen molar-refractivity contribution in [3.05, 3.63) is 133 Å². The molecule has 0 spiro atoms. The minimum atomic E-state index is 1.24. The molecule has 0 unspecified atom stereocenters. The van der Waals surface area contributed by atoms with Gasteiger partial charge < -0.3 is 0 Å². The summed E-state index contributed by atoms with van der Waals surface area (Å²) in [5, 5.41) is 5.18. The molecule has 6 aromatic rings. The third kappa shape index (κ3) is 3.32. The second-order valence-corrected chi connectivity index (χ2v) is 8.60. The van der Waals surface area contributed by atoms with E-state index in [0.717, 1.165) is 0 Å². The molecule has 0 radical (unpaired) electrons. The van der Waals surface area contributed by atoms with Crippen LogP contribution in [0.5, 0.6) is 0 Å². The van der Waals surface area contributed by atoms with Gasteiger partial charge in [-0.25, -0.2) is 0 Å². The highest BCUT2D eigenvalue weighted by molar-refractivity contribution is 6.21. The minimum Gasteiger partial charge on any atom is -0.0622 e. The number of fused-ring (bicyclic) bond motifs is 2. The fourth-order valence-electron chi connectivity index (χ4n) is 5.07. The van der Waals surface area contributed by atoms with E-state index in [-0.39, 0.29) is 0 Å². The van der Waals surface area contributed by atoms with Crippen LogP contribution >= 0.6 is 0 Å². The maximum Gasteiger partial charge on any atom is -0.00237 e. The molecule has 0 aliphatic heterocycles. The molecule has 0 amide bonds. The molecule has 0 heterocycles. The van der Waals surface area contributed by atoms with Crippen LogP contribution in [0, 0.1) is 6.92 Å². The van der Waals surface area contributed by atoms with E-state index in [1.807, 2.05) is 0 Å². The van der Waals surface area contributed by atoms with E-state index in [9.17, 15) is 0 Å². The van der Waals surface area contributed by atoms with E-state index in [4.69, 9.17) is 0 Å². The zero-order valence-electron chi connectivity index (χ0n) is 18.6. The molecule has 33 heavy (non-hydrogen) atoms. The summed E-state index contributed by atoms with van der Waals surface area (Å²) in [6.45, 7) is 2.20. The van der Waals surface area contributed by atoms with Gasteiger partial charge >= 0.3 is 0 Å². The number of hydrogen-bond donors (Lipinski definition) is 0. The fraction of sp³-hybridized carbons (Fsp3) is 0.0303. The van der Waals surface area contributed by atoms with E-state index in [1.165, 1.54) is 60.5 Å². The first-order valence-corrected chi connectivity index (χ1v) is 11.5. The summed E-state index contributed by atoms with van der Waals surface area (Å²) in [6.07, 6.45) is 0. The predicted octanol–water partition coefficient (Wildman–Crippen LogP) is 9.30. The molecule has 0 saturated carbocycles. The molecule has 6 rings (SSSR count). The summed E-state index contributed by atoms with van der Waals surface area (Å²) in [7, 11) is 0. The van der Waals surface area contributed by atoms with Crippen LogP contribution in [0.15, 0.2) is 127 Å². The number of aryl methyl sites for hydroxylation is 1. The first-order valence-electron chi connectivity index (χ1n) is 11.5. The Morgan fingerprint density at radius 3 is 1.48 bits per heavy atom. The Hall–Kier alpha value is -4.16. The van der Waals surface area contributed by atoms with Crippen LogP contribution in [0.25, 0.3) is 54.9 Å². The highest BCUT2D eigenvalue weighted by atomic mass is 14.2. The van der Waals surface area contributed by atoms with E-state index in [1.54, 1.807) is 0 Å².